The Hall–Kier alpha value is -3.65. The number of esters is 1. The molecule has 5 aromatic rings. The number of aromatic nitrogens is 2. The van der Waals surface area contributed by atoms with Crippen LogP contribution in [0, 0.1) is 0 Å². The number of aliphatic hydroxyl groups is 1. The molecule has 10 heteroatoms. The van der Waals surface area contributed by atoms with Gasteiger partial charge in [-0.15, -0.1) is 0 Å². The Morgan fingerprint density at radius 1 is 0.650 bits per heavy atom. The summed E-state index contributed by atoms with van der Waals surface area (Å²) in [5.41, 5.74) is 3.68. The molecule has 0 fully saturated rings. The van der Waals surface area contributed by atoms with Crippen LogP contribution in [0.3, 0.4) is 0 Å². The predicted molar refractivity (Wildman–Crippen MR) is 156 cm³/mol. The molecule has 0 aliphatic heterocycles. The van der Waals surface area contributed by atoms with Crippen molar-refractivity contribution in [3.8, 4) is 34.0 Å². The molecule has 1 heterocycles. The lowest BCUT2D eigenvalue weighted by Crippen LogP contribution is -2.08. The largest absolute Gasteiger partial charge is 0.461 e. The highest BCUT2D eigenvalue weighted by molar-refractivity contribution is 6.35. The van der Waals surface area contributed by atoms with Crippen LogP contribution in [0.15, 0.2) is 97.3 Å². The molecular formula is C30H18Cl4N2O4. The van der Waals surface area contributed by atoms with Crippen LogP contribution < -0.4 is 9.47 Å². The number of ether oxygens (including phenoxy) is 2. The monoisotopic (exact) mass is 610 g/mol. The van der Waals surface area contributed by atoms with Gasteiger partial charge >= 0.3 is 5.97 Å². The van der Waals surface area contributed by atoms with Gasteiger partial charge in [-0.25, -0.2) is 14.8 Å². The molecule has 0 radical (unpaired) electrons. The van der Waals surface area contributed by atoms with E-state index < -0.39 is 12.3 Å². The average Bonchev–Trinajstić information content (AvgIpc) is 2.93. The van der Waals surface area contributed by atoms with Gasteiger partial charge < -0.3 is 14.6 Å². The Bertz CT molecular complexity index is 1640. The van der Waals surface area contributed by atoms with E-state index in [9.17, 15) is 9.90 Å². The second-order valence-electron chi connectivity index (χ2n) is 8.56. The molecule has 6 nitrogen and oxygen atoms in total. The lowest BCUT2D eigenvalue weighted by Gasteiger charge is -2.15. The van der Waals surface area contributed by atoms with Gasteiger partial charge in [0, 0.05) is 36.8 Å². The van der Waals surface area contributed by atoms with E-state index in [1.54, 1.807) is 54.6 Å². The number of aliphatic hydroxyl groups excluding tert-OH is 1. The first-order valence-corrected chi connectivity index (χ1v) is 13.3. The molecule has 0 amide bonds. The third kappa shape index (κ3) is 6.91. The van der Waals surface area contributed by atoms with Crippen LogP contribution in [-0.2, 0) is 0 Å². The van der Waals surface area contributed by atoms with Crippen LogP contribution in [-0.4, -0.2) is 21.0 Å². The van der Waals surface area contributed by atoms with Gasteiger partial charge in [-0.2, -0.15) is 0 Å². The Labute approximate surface area is 249 Å². The summed E-state index contributed by atoms with van der Waals surface area (Å²) in [4.78, 5) is 21.2. The number of hydrogen-bond donors (Lipinski definition) is 1. The quantitative estimate of drug-likeness (QED) is 0.113. The fourth-order valence-electron chi connectivity index (χ4n) is 3.82. The van der Waals surface area contributed by atoms with E-state index in [1.165, 1.54) is 24.5 Å². The minimum Gasteiger partial charge on any atom is -0.461 e. The van der Waals surface area contributed by atoms with E-state index in [-0.39, 0.29) is 5.56 Å². The van der Waals surface area contributed by atoms with Crippen LogP contribution in [0.5, 0.6) is 11.5 Å². The smallest absolute Gasteiger partial charge is 0.343 e. The van der Waals surface area contributed by atoms with Crippen LogP contribution in [0.25, 0.3) is 22.5 Å². The number of carbonyl (C=O) groups excluding carboxylic acids is 1. The summed E-state index contributed by atoms with van der Waals surface area (Å²) in [6.45, 7) is 0. The van der Waals surface area contributed by atoms with Crippen molar-refractivity contribution in [2.45, 2.75) is 6.29 Å². The maximum Gasteiger partial charge on any atom is 0.343 e. The van der Waals surface area contributed by atoms with Crippen molar-refractivity contribution in [1.82, 2.24) is 9.97 Å². The number of benzene rings is 4. The van der Waals surface area contributed by atoms with Crippen LogP contribution in [0.1, 0.15) is 22.2 Å². The van der Waals surface area contributed by atoms with E-state index in [4.69, 9.17) is 55.9 Å². The molecule has 200 valence electrons. The Kier molecular flexibility index (Phi) is 8.54. The van der Waals surface area contributed by atoms with Gasteiger partial charge in [-0.1, -0.05) is 46.4 Å². The number of carbonyl (C=O) groups is 1. The molecule has 0 aliphatic carbocycles. The Morgan fingerprint density at radius 3 is 1.65 bits per heavy atom. The number of nitrogens with zero attached hydrogens (tertiary/aromatic N) is 2. The summed E-state index contributed by atoms with van der Waals surface area (Å²) < 4.78 is 11.1. The van der Waals surface area contributed by atoms with E-state index >= 15 is 0 Å². The molecule has 0 saturated carbocycles. The standard InChI is InChI=1S/C30H18Cl4N2O4/c31-21-9-19(10-22(32)13-21)29(37)39-25-5-1-17(2-6-25)27-15-28(36-16-35-27)18-3-7-26(8-4-18)40-30(38)20-11-23(33)14-24(34)12-20/h1-16,29,37H. The zero-order valence-corrected chi connectivity index (χ0v) is 23.4. The zero-order valence-electron chi connectivity index (χ0n) is 20.4. The molecule has 1 atom stereocenters. The van der Waals surface area contributed by atoms with Crippen LogP contribution in [0.4, 0.5) is 0 Å². The van der Waals surface area contributed by atoms with Crippen molar-refractivity contribution < 1.29 is 19.4 Å². The van der Waals surface area contributed by atoms with Crippen molar-refractivity contribution in [3.05, 3.63) is 129 Å². The van der Waals surface area contributed by atoms with Gasteiger partial charge in [0.1, 0.15) is 17.8 Å². The summed E-state index contributed by atoms with van der Waals surface area (Å²) >= 11 is 24.0. The van der Waals surface area contributed by atoms with Crippen LogP contribution >= 0.6 is 46.4 Å². The lowest BCUT2D eigenvalue weighted by atomic mass is 10.1. The van der Waals surface area contributed by atoms with Crippen molar-refractivity contribution >= 4 is 52.4 Å². The second-order valence-corrected chi connectivity index (χ2v) is 10.3. The topological polar surface area (TPSA) is 81.5 Å². The Morgan fingerprint density at radius 2 is 1.12 bits per heavy atom. The van der Waals surface area contributed by atoms with Gasteiger partial charge in [0.05, 0.1) is 17.0 Å². The van der Waals surface area contributed by atoms with E-state index in [2.05, 4.69) is 9.97 Å². The molecule has 1 aromatic heterocycles. The third-order valence-electron chi connectivity index (χ3n) is 5.69. The molecule has 40 heavy (non-hydrogen) atoms. The number of halogens is 4. The fraction of sp³-hybridized carbons (Fsp3) is 0.0333. The summed E-state index contributed by atoms with van der Waals surface area (Å²) in [7, 11) is 0. The SMILES string of the molecule is O=C(Oc1ccc(-c2cc(-c3ccc(OC(O)c4cc(Cl)cc(Cl)c4)cc3)ncn2)cc1)c1cc(Cl)cc(Cl)c1. The summed E-state index contributed by atoms with van der Waals surface area (Å²) in [5, 5.41) is 11.9. The van der Waals surface area contributed by atoms with E-state index in [0.717, 1.165) is 11.1 Å². The van der Waals surface area contributed by atoms with Crippen molar-refractivity contribution in [1.29, 1.82) is 0 Å². The maximum absolute atomic E-state index is 12.5. The molecule has 5 rings (SSSR count). The van der Waals surface area contributed by atoms with E-state index in [1.807, 2.05) is 18.2 Å². The summed E-state index contributed by atoms with van der Waals surface area (Å²) in [6, 6.07) is 25.1. The first kappa shape index (κ1) is 27.9. The Balaban J connectivity index is 1.27. The van der Waals surface area contributed by atoms with Gasteiger partial charge in [-0.3, -0.25) is 0 Å². The van der Waals surface area contributed by atoms with Crippen molar-refractivity contribution in [2.24, 2.45) is 0 Å². The number of rotatable bonds is 7. The highest BCUT2D eigenvalue weighted by Crippen LogP contribution is 2.29. The van der Waals surface area contributed by atoms with Crippen LogP contribution in [0.2, 0.25) is 20.1 Å². The molecule has 0 spiro atoms. The normalized spacial score (nSPS) is 11.6. The molecular weight excluding hydrogens is 594 g/mol. The van der Waals surface area contributed by atoms with Gasteiger partial charge in [-0.05, 0) is 91.0 Å². The highest BCUT2D eigenvalue weighted by atomic mass is 35.5. The molecule has 0 bridgehead atoms. The average molecular weight is 612 g/mol. The van der Waals surface area contributed by atoms with Crippen molar-refractivity contribution in [3.63, 3.8) is 0 Å². The minimum absolute atomic E-state index is 0.252. The summed E-state index contributed by atoms with van der Waals surface area (Å²) in [5.74, 6) is 0.238. The molecule has 1 unspecified atom stereocenters. The maximum atomic E-state index is 12.5. The first-order valence-electron chi connectivity index (χ1n) is 11.8. The molecule has 1 N–H and O–H groups in total. The second kappa shape index (κ2) is 12.3. The number of hydrogen-bond acceptors (Lipinski definition) is 6. The van der Waals surface area contributed by atoms with Crippen molar-refractivity contribution in [2.75, 3.05) is 0 Å². The molecule has 4 aromatic carbocycles. The van der Waals surface area contributed by atoms with Gasteiger partial charge in [0.15, 0.2) is 0 Å². The van der Waals surface area contributed by atoms with E-state index in [0.29, 0.717) is 48.5 Å². The summed E-state index contributed by atoms with van der Waals surface area (Å²) in [6.07, 6.45) is 0.233. The zero-order chi connectivity index (χ0) is 28.2. The predicted octanol–water partition coefficient (Wildman–Crippen LogP) is 8.71. The minimum atomic E-state index is -1.24. The van der Waals surface area contributed by atoms with Gasteiger partial charge in [0.25, 0.3) is 0 Å². The first-order chi connectivity index (χ1) is 19.2. The fourth-order valence-corrected chi connectivity index (χ4v) is 4.89. The lowest BCUT2D eigenvalue weighted by molar-refractivity contribution is -0.0194. The third-order valence-corrected chi connectivity index (χ3v) is 6.57. The van der Waals surface area contributed by atoms with Gasteiger partial charge in [0.2, 0.25) is 6.29 Å². The molecule has 0 aliphatic rings. The highest BCUT2D eigenvalue weighted by Gasteiger charge is 2.13. The molecule has 0 saturated heterocycles.